The fraction of sp³-hybridized carbons (Fsp3) is 0.320. The summed E-state index contributed by atoms with van der Waals surface area (Å²) < 4.78 is 0. The highest BCUT2D eigenvalue weighted by Gasteiger charge is 2.03. The lowest BCUT2D eigenvalue weighted by atomic mass is 10.2. The second-order valence-electron chi connectivity index (χ2n) is 7.59. The van der Waals surface area contributed by atoms with Gasteiger partial charge in [0.1, 0.15) is 5.82 Å². The number of nitrogens with zero attached hydrogens (tertiary/aromatic N) is 5. The molecule has 11 heteroatoms. The first-order valence-electron chi connectivity index (χ1n) is 10.4. The summed E-state index contributed by atoms with van der Waals surface area (Å²) in [5.41, 5.74) is 2.20. The van der Waals surface area contributed by atoms with Gasteiger partial charge in [0.05, 0.1) is 5.69 Å². The molecule has 0 saturated heterocycles. The average Bonchev–Trinajstić information content (AvgIpc) is 2.77. The highest BCUT2D eigenvalue weighted by molar-refractivity contribution is 5.81. The van der Waals surface area contributed by atoms with Gasteiger partial charge in [-0.25, -0.2) is 4.99 Å². The van der Waals surface area contributed by atoms with Crippen LogP contribution in [0.1, 0.15) is 5.56 Å². The highest BCUT2D eigenvalue weighted by atomic mass is 16.6. The third-order valence-corrected chi connectivity index (χ3v) is 3.80. The minimum atomic E-state index is -2.08. The number of carbonyl (C=O) groups excluding carboxylic acids is 2. The molecular formula is C25H38N5O6-. The number of para-hydroxylation sites is 1. The lowest BCUT2D eigenvalue weighted by molar-refractivity contribution is -0.275. The van der Waals surface area contributed by atoms with Crippen LogP contribution >= 0.6 is 0 Å². The van der Waals surface area contributed by atoms with Crippen LogP contribution in [0.4, 0.5) is 10.5 Å². The Balaban J connectivity index is -0.000000471. The van der Waals surface area contributed by atoms with E-state index in [1.54, 1.807) is 0 Å². The van der Waals surface area contributed by atoms with Crippen LogP contribution in [0.5, 0.6) is 0 Å². The van der Waals surface area contributed by atoms with E-state index in [1.807, 2.05) is 74.4 Å². The van der Waals surface area contributed by atoms with Gasteiger partial charge in [0.25, 0.3) is 0 Å². The molecule has 0 heterocycles. The van der Waals surface area contributed by atoms with Gasteiger partial charge < -0.3 is 40.1 Å². The molecule has 0 fully saturated rings. The van der Waals surface area contributed by atoms with Gasteiger partial charge in [-0.3, -0.25) is 0 Å². The van der Waals surface area contributed by atoms with Crippen molar-refractivity contribution >= 4 is 30.0 Å². The first kappa shape index (κ1) is 36.2. The van der Waals surface area contributed by atoms with E-state index >= 15 is 0 Å². The van der Waals surface area contributed by atoms with Gasteiger partial charge >= 0.3 is 6.15 Å². The molecule has 0 unspecified atom stereocenters. The molecule has 0 aliphatic rings. The lowest BCUT2D eigenvalue weighted by Gasteiger charge is -2.24. The molecule has 0 aliphatic carbocycles. The minimum absolute atomic E-state index is 0. The number of carbonyl (C=O) groups is 1. The Labute approximate surface area is 213 Å². The first-order valence-corrected chi connectivity index (χ1v) is 10.4. The molecular weight excluding hydrogens is 466 g/mol. The maximum atomic E-state index is 8.44. The largest absolute Gasteiger partial charge is 0.565 e. The van der Waals surface area contributed by atoms with Crippen LogP contribution < -0.4 is 5.11 Å². The van der Waals surface area contributed by atoms with E-state index in [4.69, 9.17) is 24.6 Å². The normalized spacial score (nSPS) is 8.22. The Morgan fingerprint density at radius 2 is 1.11 bits per heavy atom. The molecule has 0 saturated carbocycles. The third kappa shape index (κ3) is 19.2. The summed E-state index contributed by atoms with van der Waals surface area (Å²) in [7, 11) is 16.2. The topological polar surface area (TPSA) is 151 Å². The molecule has 36 heavy (non-hydrogen) atoms. The zero-order chi connectivity index (χ0) is 27.4. The van der Waals surface area contributed by atoms with Crippen molar-refractivity contribution < 1.29 is 30.1 Å². The van der Waals surface area contributed by atoms with E-state index < -0.39 is 6.16 Å². The number of rotatable bonds is 4. The van der Waals surface area contributed by atoms with Gasteiger partial charge in [0.2, 0.25) is 12.1 Å². The van der Waals surface area contributed by atoms with E-state index in [9.17, 15) is 0 Å². The zero-order valence-corrected chi connectivity index (χ0v) is 22.2. The van der Waals surface area contributed by atoms with Crippen molar-refractivity contribution in [2.75, 3.05) is 56.4 Å². The fourth-order valence-electron chi connectivity index (χ4n) is 2.57. The maximum absolute atomic E-state index is 8.44. The van der Waals surface area contributed by atoms with E-state index in [0.29, 0.717) is 0 Å². The third-order valence-electron chi connectivity index (χ3n) is 3.80. The molecule has 0 bridgehead atoms. The van der Waals surface area contributed by atoms with Crippen LogP contribution in [0, 0.1) is 0 Å². The summed E-state index contributed by atoms with van der Waals surface area (Å²) in [6, 6.07) is 20.3. The predicted octanol–water partition coefficient (Wildman–Crippen LogP) is 1.39. The smallest absolute Gasteiger partial charge is 0.373 e. The molecule has 0 amide bonds. The molecule has 0 spiro atoms. The Bertz CT molecular complexity index is 835. The van der Waals surface area contributed by atoms with Gasteiger partial charge in [0.15, 0.2) is 0 Å². The summed E-state index contributed by atoms with van der Waals surface area (Å²) in [5.74, 6) is 2.13. The van der Waals surface area contributed by atoms with E-state index in [-0.39, 0.29) is 11.6 Å². The van der Waals surface area contributed by atoms with Gasteiger partial charge in [0, 0.05) is 56.4 Å². The van der Waals surface area contributed by atoms with Crippen molar-refractivity contribution in [3.05, 3.63) is 72.0 Å². The van der Waals surface area contributed by atoms with E-state index in [0.717, 1.165) is 11.6 Å². The standard InChI is InChI=1S/C12H18N2.C11H17N3.CH2O3.CO2.H2O/c1-13(2)12(14(3)4)10-11-8-6-5-7-9-11;1-13(2)11(14(3)4)12-10-8-6-5-7-9-10;2-1(3)4;2-1-3;/h5-10H,1-4H3;5-9H,1-4H3;(H2,2,3,4);;1H2/p-1. The summed E-state index contributed by atoms with van der Waals surface area (Å²) >= 11 is 0. The molecule has 0 aromatic heterocycles. The van der Waals surface area contributed by atoms with Gasteiger partial charge in [-0.15, -0.1) is 0 Å². The zero-order valence-electron chi connectivity index (χ0n) is 22.2. The van der Waals surface area contributed by atoms with E-state index in [1.165, 1.54) is 11.4 Å². The van der Waals surface area contributed by atoms with Crippen molar-refractivity contribution in [1.82, 2.24) is 19.6 Å². The average molecular weight is 505 g/mol. The summed E-state index contributed by atoms with van der Waals surface area (Å²) in [6.45, 7) is 0. The van der Waals surface area contributed by atoms with Crippen LogP contribution in [-0.2, 0) is 9.59 Å². The maximum Gasteiger partial charge on any atom is 0.373 e. The SMILES string of the molecule is CN(C)C(=Cc1ccccc1)N(C)C.CN(C)C(=Nc1ccccc1)N(C)C.O.O=C([O-])O.O=C=O. The second kappa shape index (κ2) is 21.2. The molecule has 11 nitrogen and oxygen atoms in total. The summed E-state index contributed by atoms with van der Waals surface area (Å²) in [4.78, 5) is 37.4. The number of hydrogen-bond donors (Lipinski definition) is 1. The first-order chi connectivity index (χ1) is 16.4. The van der Waals surface area contributed by atoms with Crippen LogP contribution in [0.15, 0.2) is 71.5 Å². The number of carboxylic acid groups (broad SMARTS) is 2. The van der Waals surface area contributed by atoms with Gasteiger partial charge in [-0.05, 0) is 23.8 Å². The Morgan fingerprint density at radius 3 is 1.42 bits per heavy atom. The molecule has 200 valence electrons. The second-order valence-corrected chi connectivity index (χ2v) is 7.59. The van der Waals surface area contributed by atoms with Crippen molar-refractivity contribution in [2.45, 2.75) is 0 Å². The molecule has 0 atom stereocenters. The van der Waals surface area contributed by atoms with Crippen LogP contribution in [0.3, 0.4) is 0 Å². The molecule has 0 aliphatic heterocycles. The molecule has 0 radical (unpaired) electrons. The Morgan fingerprint density at radius 1 is 0.778 bits per heavy atom. The molecule has 2 rings (SSSR count). The Hall–Kier alpha value is -4.34. The van der Waals surface area contributed by atoms with Crippen LogP contribution in [0.2, 0.25) is 0 Å². The lowest BCUT2D eigenvalue weighted by Crippen LogP contribution is -2.35. The van der Waals surface area contributed by atoms with Crippen LogP contribution in [0.25, 0.3) is 6.08 Å². The minimum Gasteiger partial charge on any atom is -0.565 e. The predicted molar refractivity (Wildman–Crippen MR) is 139 cm³/mol. The highest BCUT2D eigenvalue weighted by Crippen LogP contribution is 2.11. The monoisotopic (exact) mass is 504 g/mol. The van der Waals surface area contributed by atoms with Gasteiger partial charge in [-0.2, -0.15) is 9.59 Å². The Kier molecular flexibility index (Phi) is 21.3. The number of hydrogen-bond acceptors (Lipinski definition) is 7. The van der Waals surface area contributed by atoms with Crippen molar-refractivity contribution in [1.29, 1.82) is 0 Å². The van der Waals surface area contributed by atoms with Gasteiger partial charge in [-0.1, -0.05) is 48.5 Å². The summed E-state index contributed by atoms with van der Waals surface area (Å²) in [6.07, 6.45) is 0.333. The summed E-state index contributed by atoms with van der Waals surface area (Å²) in [5, 5.41) is 15.3. The number of aliphatic imine (C=N–C) groups is 1. The number of guanidine groups is 1. The molecule has 2 aromatic carbocycles. The van der Waals surface area contributed by atoms with Crippen molar-refractivity contribution in [2.24, 2.45) is 4.99 Å². The molecule has 2 aromatic rings. The molecule has 3 N–H and O–H groups in total. The quantitative estimate of drug-likeness (QED) is 0.481. The fourth-order valence-corrected chi connectivity index (χ4v) is 2.57. The van der Waals surface area contributed by atoms with Crippen molar-refractivity contribution in [3.63, 3.8) is 0 Å². The van der Waals surface area contributed by atoms with Crippen LogP contribution in [-0.4, -0.2) is 105 Å². The van der Waals surface area contributed by atoms with Crippen molar-refractivity contribution in [3.8, 4) is 0 Å². The number of benzene rings is 2. The van der Waals surface area contributed by atoms with E-state index in [2.05, 4.69) is 73.3 Å².